The molecule has 0 aliphatic carbocycles. The van der Waals surface area contributed by atoms with Gasteiger partial charge in [-0.2, -0.15) is 0 Å². The van der Waals surface area contributed by atoms with Gasteiger partial charge in [0.15, 0.2) is 5.82 Å². The van der Waals surface area contributed by atoms with Crippen molar-refractivity contribution in [2.24, 2.45) is 0 Å². The fraction of sp³-hybridized carbons (Fsp3) is 0.333. The Balaban J connectivity index is 1.70. The number of aromatic nitrogens is 5. The van der Waals surface area contributed by atoms with E-state index in [9.17, 15) is 0 Å². The second-order valence-electron chi connectivity index (χ2n) is 5.53. The number of imidazole rings is 1. The predicted molar refractivity (Wildman–Crippen MR) is 84.1 cm³/mol. The number of aryl methyl sites for hydroxylation is 1. The Morgan fingerprint density at radius 3 is 3.09 bits per heavy atom. The van der Waals surface area contributed by atoms with Crippen LogP contribution in [0.2, 0.25) is 0 Å². The zero-order chi connectivity index (χ0) is 14.9. The zero-order valence-corrected chi connectivity index (χ0v) is 12.3. The second kappa shape index (κ2) is 5.34. The summed E-state index contributed by atoms with van der Waals surface area (Å²) in [6.45, 7) is 3.97. The summed E-state index contributed by atoms with van der Waals surface area (Å²) in [5, 5.41) is 6.75. The topological polar surface area (TPSA) is 80.5 Å². The number of hydrogen-bond acceptors (Lipinski definition) is 6. The first-order valence-corrected chi connectivity index (χ1v) is 7.39. The van der Waals surface area contributed by atoms with E-state index in [4.69, 9.17) is 0 Å². The molecule has 4 heterocycles. The molecule has 1 saturated heterocycles. The van der Waals surface area contributed by atoms with Crippen molar-refractivity contribution in [1.82, 2.24) is 29.8 Å². The molecule has 0 saturated carbocycles. The normalized spacial score (nSPS) is 18.0. The van der Waals surface area contributed by atoms with Gasteiger partial charge in [-0.3, -0.25) is 14.5 Å². The Morgan fingerprint density at radius 2 is 2.23 bits per heavy atom. The molecule has 0 aromatic carbocycles. The summed E-state index contributed by atoms with van der Waals surface area (Å²) < 4.78 is 1.94. The molecule has 112 valence electrons. The molecule has 7 nitrogen and oxygen atoms in total. The highest BCUT2D eigenvalue weighted by molar-refractivity contribution is 5.76. The van der Waals surface area contributed by atoms with Crippen molar-refractivity contribution in [2.75, 3.05) is 18.4 Å². The van der Waals surface area contributed by atoms with Gasteiger partial charge in [0, 0.05) is 18.3 Å². The summed E-state index contributed by atoms with van der Waals surface area (Å²) in [4.78, 5) is 17.6. The number of pyridine rings is 1. The summed E-state index contributed by atoms with van der Waals surface area (Å²) in [6.07, 6.45) is 8.14. The van der Waals surface area contributed by atoms with Crippen molar-refractivity contribution < 1.29 is 0 Å². The maximum atomic E-state index is 4.66. The van der Waals surface area contributed by atoms with Gasteiger partial charge in [-0.1, -0.05) is 0 Å². The van der Waals surface area contributed by atoms with Crippen LogP contribution in [-0.4, -0.2) is 43.6 Å². The molecule has 1 fully saturated rings. The maximum Gasteiger partial charge on any atom is 0.159 e. The summed E-state index contributed by atoms with van der Waals surface area (Å²) in [5.41, 5.74) is 2.79. The molecule has 1 aliphatic heterocycles. The molecular formula is C15H17N7. The van der Waals surface area contributed by atoms with Crippen LogP contribution < -0.4 is 10.6 Å². The van der Waals surface area contributed by atoms with E-state index < -0.39 is 0 Å². The maximum absolute atomic E-state index is 4.66. The predicted octanol–water partition coefficient (Wildman–Crippen LogP) is 1.29. The van der Waals surface area contributed by atoms with E-state index in [1.807, 2.05) is 17.6 Å². The van der Waals surface area contributed by atoms with Crippen LogP contribution in [0.25, 0.3) is 16.9 Å². The quantitative estimate of drug-likeness (QED) is 0.758. The number of nitrogens with one attached hydrogen (secondary N) is 2. The fourth-order valence-corrected chi connectivity index (χ4v) is 2.72. The van der Waals surface area contributed by atoms with Gasteiger partial charge in [0.2, 0.25) is 0 Å². The van der Waals surface area contributed by atoms with E-state index in [0.717, 1.165) is 47.9 Å². The largest absolute Gasteiger partial charge is 0.365 e. The van der Waals surface area contributed by atoms with Gasteiger partial charge in [0.05, 0.1) is 24.1 Å². The highest BCUT2D eigenvalue weighted by Crippen LogP contribution is 2.18. The Morgan fingerprint density at radius 1 is 1.27 bits per heavy atom. The first-order valence-electron chi connectivity index (χ1n) is 7.39. The van der Waals surface area contributed by atoms with E-state index in [-0.39, 0.29) is 0 Å². The molecule has 0 radical (unpaired) electrons. The monoisotopic (exact) mass is 295 g/mol. The highest BCUT2D eigenvalue weighted by Gasteiger charge is 2.15. The van der Waals surface area contributed by atoms with Crippen LogP contribution >= 0.6 is 0 Å². The molecule has 3 aromatic rings. The standard InChI is InChI=1S/C15H17N7/c1-10-4-13-12(6-18-10)19-9-22(13)15-8-17-7-14(21-15)20-11-2-3-16-5-11/h4,6-9,11,16H,2-3,5H2,1H3,(H,20,21)/t11-/m1/s1. The molecule has 22 heavy (non-hydrogen) atoms. The summed E-state index contributed by atoms with van der Waals surface area (Å²) in [6, 6.07) is 2.42. The van der Waals surface area contributed by atoms with Crippen LogP contribution in [0, 0.1) is 6.92 Å². The Hall–Kier alpha value is -2.54. The van der Waals surface area contributed by atoms with Crippen molar-refractivity contribution in [3.63, 3.8) is 0 Å². The van der Waals surface area contributed by atoms with Gasteiger partial charge in [0.1, 0.15) is 17.7 Å². The van der Waals surface area contributed by atoms with Crippen LogP contribution in [0.3, 0.4) is 0 Å². The van der Waals surface area contributed by atoms with Gasteiger partial charge in [0.25, 0.3) is 0 Å². The third-order valence-electron chi connectivity index (χ3n) is 3.85. The molecule has 4 rings (SSSR count). The first-order chi connectivity index (χ1) is 10.8. The van der Waals surface area contributed by atoms with Crippen molar-refractivity contribution >= 4 is 16.9 Å². The average Bonchev–Trinajstić information content (AvgIpc) is 3.16. The molecule has 7 heteroatoms. The molecule has 0 unspecified atom stereocenters. The molecule has 1 atom stereocenters. The van der Waals surface area contributed by atoms with Gasteiger partial charge in [-0.25, -0.2) is 9.97 Å². The van der Waals surface area contributed by atoms with Crippen LogP contribution in [0.1, 0.15) is 12.1 Å². The summed E-state index contributed by atoms with van der Waals surface area (Å²) in [7, 11) is 0. The number of nitrogens with zero attached hydrogens (tertiary/aromatic N) is 5. The van der Waals surface area contributed by atoms with E-state index in [2.05, 4.69) is 30.6 Å². The van der Waals surface area contributed by atoms with Gasteiger partial charge in [-0.15, -0.1) is 0 Å². The van der Waals surface area contributed by atoms with E-state index >= 15 is 0 Å². The van der Waals surface area contributed by atoms with Crippen molar-refractivity contribution in [3.8, 4) is 5.82 Å². The molecule has 0 amide bonds. The van der Waals surface area contributed by atoms with Crippen LogP contribution in [-0.2, 0) is 0 Å². The third-order valence-corrected chi connectivity index (χ3v) is 3.85. The second-order valence-corrected chi connectivity index (χ2v) is 5.53. The Labute approximate surface area is 127 Å². The zero-order valence-electron chi connectivity index (χ0n) is 12.3. The van der Waals surface area contributed by atoms with Gasteiger partial charge in [-0.05, 0) is 26.0 Å². The first kappa shape index (κ1) is 13.1. The molecular weight excluding hydrogens is 278 g/mol. The summed E-state index contributed by atoms with van der Waals surface area (Å²) >= 11 is 0. The lowest BCUT2D eigenvalue weighted by atomic mass is 10.3. The minimum Gasteiger partial charge on any atom is -0.365 e. The number of hydrogen-bond donors (Lipinski definition) is 2. The molecule has 0 spiro atoms. The number of anilines is 1. The van der Waals surface area contributed by atoms with Crippen molar-refractivity contribution in [1.29, 1.82) is 0 Å². The van der Waals surface area contributed by atoms with Crippen molar-refractivity contribution in [2.45, 2.75) is 19.4 Å². The fourth-order valence-electron chi connectivity index (χ4n) is 2.72. The summed E-state index contributed by atoms with van der Waals surface area (Å²) in [5.74, 6) is 1.54. The minimum atomic E-state index is 0.413. The van der Waals surface area contributed by atoms with Crippen LogP contribution in [0.15, 0.2) is 31.0 Å². The molecule has 1 aliphatic rings. The Kier molecular flexibility index (Phi) is 3.19. The smallest absolute Gasteiger partial charge is 0.159 e. The highest BCUT2D eigenvalue weighted by atomic mass is 15.2. The third kappa shape index (κ3) is 2.39. The minimum absolute atomic E-state index is 0.413. The van der Waals surface area contributed by atoms with Crippen molar-refractivity contribution in [3.05, 3.63) is 36.7 Å². The number of fused-ring (bicyclic) bond motifs is 1. The van der Waals surface area contributed by atoms with Gasteiger partial charge < -0.3 is 10.6 Å². The average molecular weight is 295 g/mol. The lowest BCUT2D eigenvalue weighted by Gasteiger charge is -2.12. The van der Waals surface area contributed by atoms with Crippen LogP contribution in [0.5, 0.6) is 0 Å². The lowest BCUT2D eigenvalue weighted by molar-refractivity contribution is 0.785. The molecule has 3 aromatic heterocycles. The SMILES string of the molecule is Cc1cc2c(cn1)ncn2-c1cncc(N[C@@H]2CCNC2)n1. The van der Waals surface area contributed by atoms with E-state index in [1.165, 1.54) is 0 Å². The number of rotatable bonds is 3. The molecule has 0 bridgehead atoms. The van der Waals surface area contributed by atoms with Crippen LogP contribution in [0.4, 0.5) is 5.82 Å². The van der Waals surface area contributed by atoms with Gasteiger partial charge >= 0.3 is 0 Å². The van der Waals surface area contributed by atoms with E-state index in [1.54, 1.807) is 24.9 Å². The van der Waals surface area contributed by atoms with E-state index in [0.29, 0.717) is 6.04 Å². The lowest BCUT2D eigenvalue weighted by Crippen LogP contribution is -2.23. The molecule has 2 N–H and O–H groups in total. The Bertz CT molecular complexity index is 805.